The van der Waals surface area contributed by atoms with Crippen molar-refractivity contribution in [2.75, 3.05) is 20.1 Å². The van der Waals surface area contributed by atoms with Crippen molar-refractivity contribution in [1.29, 1.82) is 0 Å². The molecule has 0 fully saturated rings. The zero-order chi connectivity index (χ0) is 15.1. The van der Waals surface area contributed by atoms with Crippen LogP contribution in [0.25, 0.3) is 0 Å². The number of amides is 2. The Hall–Kier alpha value is -2.37. The average Bonchev–Trinajstić information content (AvgIpc) is 2.45. The highest BCUT2D eigenvalue weighted by molar-refractivity contribution is 6.05. The fraction of sp³-hybridized carbons (Fsp3) is 0.357. The minimum absolute atomic E-state index is 0.0597. The van der Waals surface area contributed by atoms with Crippen molar-refractivity contribution in [3.8, 4) is 0 Å². The van der Waals surface area contributed by atoms with E-state index in [9.17, 15) is 14.4 Å². The second-order valence-corrected chi connectivity index (χ2v) is 4.25. The molecule has 0 heterocycles. The van der Waals surface area contributed by atoms with Crippen LogP contribution in [0.1, 0.15) is 34.1 Å². The van der Waals surface area contributed by atoms with Crippen LogP contribution in [0, 0.1) is 0 Å². The highest BCUT2D eigenvalue weighted by Gasteiger charge is 2.22. The summed E-state index contributed by atoms with van der Waals surface area (Å²) in [5.41, 5.74) is 0.0351. The quantitative estimate of drug-likeness (QED) is 0.812. The van der Waals surface area contributed by atoms with Gasteiger partial charge in [0, 0.05) is 13.6 Å². The minimum atomic E-state index is -1.16. The Balaban J connectivity index is 3.06. The fourth-order valence-corrected chi connectivity index (χ4v) is 1.80. The van der Waals surface area contributed by atoms with Crippen LogP contribution in [0.4, 0.5) is 0 Å². The molecule has 0 atom stereocenters. The Bertz CT molecular complexity index is 514. The monoisotopic (exact) mass is 278 g/mol. The molecule has 1 aromatic rings. The number of hydrogen-bond donors (Lipinski definition) is 2. The van der Waals surface area contributed by atoms with Crippen molar-refractivity contribution in [3.05, 3.63) is 35.4 Å². The molecule has 0 radical (unpaired) electrons. The van der Waals surface area contributed by atoms with Crippen LogP contribution in [0.15, 0.2) is 24.3 Å². The summed E-state index contributed by atoms with van der Waals surface area (Å²) in [6, 6.07) is 5.99. The third-order valence-corrected chi connectivity index (χ3v) is 2.78. The average molecular weight is 278 g/mol. The summed E-state index contributed by atoms with van der Waals surface area (Å²) < 4.78 is 0. The number of likely N-dealkylation sites (N-methyl/N-ethyl adjacent to an activating group) is 1. The molecule has 0 aromatic heterocycles. The van der Waals surface area contributed by atoms with Gasteiger partial charge in [0.2, 0.25) is 5.91 Å². The van der Waals surface area contributed by atoms with Gasteiger partial charge >= 0.3 is 5.97 Å². The lowest BCUT2D eigenvalue weighted by Crippen LogP contribution is -2.40. The van der Waals surface area contributed by atoms with E-state index in [0.717, 1.165) is 0 Å². The Morgan fingerprint density at radius 3 is 2.30 bits per heavy atom. The SMILES string of the molecule is CCCN(CC(=O)NC)C(=O)c1ccccc1C(=O)O. The number of benzene rings is 1. The maximum absolute atomic E-state index is 12.4. The van der Waals surface area contributed by atoms with Gasteiger partial charge in [0.25, 0.3) is 5.91 Å². The molecule has 2 amide bonds. The molecule has 0 saturated carbocycles. The van der Waals surface area contributed by atoms with Crippen molar-refractivity contribution in [2.45, 2.75) is 13.3 Å². The van der Waals surface area contributed by atoms with Crippen LogP contribution in [0.3, 0.4) is 0 Å². The summed E-state index contributed by atoms with van der Waals surface area (Å²) in [7, 11) is 1.49. The van der Waals surface area contributed by atoms with Gasteiger partial charge in [-0.15, -0.1) is 0 Å². The van der Waals surface area contributed by atoms with Crippen molar-refractivity contribution in [1.82, 2.24) is 10.2 Å². The van der Waals surface area contributed by atoms with Crippen LogP contribution in [0.5, 0.6) is 0 Å². The predicted molar refractivity (Wildman–Crippen MR) is 73.7 cm³/mol. The Morgan fingerprint density at radius 2 is 1.80 bits per heavy atom. The number of carboxylic acids is 1. The molecule has 0 aliphatic heterocycles. The van der Waals surface area contributed by atoms with Gasteiger partial charge in [-0.3, -0.25) is 9.59 Å². The second kappa shape index (κ2) is 7.28. The van der Waals surface area contributed by atoms with E-state index in [1.807, 2.05) is 6.92 Å². The summed E-state index contributed by atoms with van der Waals surface area (Å²) in [6.07, 6.45) is 0.679. The van der Waals surface area contributed by atoms with Crippen LogP contribution >= 0.6 is 0 Å². The second-order valence-electron chi connectivity index (χ2n) is 4.25. The van der Waals surface area contributed by atoms with E-state index >= 15 is 0 Å². The van der Waals surface area contributed by atoms with Gasteiger partial charge in [0.05, 0.1) is 17.7 Å². The molecular weight excluding hydrogens is 260 g/mol. The summed E-state index contributed by atoms with van der Waals surface area (Å²) >= 11 is 0. The zero-order valence-electron chi connectivity index (χ0n) is 11.5. The maximum Gasteiger partial charge on any atom is 0.336 e. The molecule has 6 nitrogen and oxygen atoms in total. The highest BCUT2D eigenvalue weighted by atomic mass is 16.4. The van der Waals surface area contributed by atoms with Crippen molar-refractivity contribution >= 4 is 17.8 Å². The summed E-state index contributed by atoms with van der Waals surface area (Å²) in [5, 5.41) is 11.6. The number of carbonyl (C=O) groups excluding carboxylic acids is 2. The Kier molecular flexibility index (Phi) is 5.71. The molecule has 20 heavy (non-hydrogen) atoms. The first-order valence-corrected chi connectivity index (χ1v) is 6.33. The van der Waals surface area contributed by atoms with Gasteiger partial charge in [-0.05, 0) is 18.6 Å². The van der Waals surface area contributed by atoms with Crippen molar-refractivity contribution < 1.29 is 19.5 Å². The standard InChI is InChI=1S/C14H18N2O4/c1-3-8-16(9-12(17)15-2)13(18)10-6-4-5-7-11(10)14(19)20/h4-7H,3,8-9H2,1-2H3,(H,15,17)(H,19,20). The molecule has 0 spiro atoms. The lowest BCUT2D eigenvalue weighted by Gasteiger charge is -2.22. The van der Waals surface area contributed by atoms with E-state index in [1.54, 1.807) is 12.1 Å². The van der Waals surface area contributed by atoms with Crippen LogP contribution in [-0.2, 0) is 4.79 Å². The lowest BCUT2D eigenvalue weighted by molar-refractivity contribution is -0.121. The Labute approximate surface area is 117 Å². The van der Waals surface area contributed by atoms with Gasteiger partial charge < -0.3 is 15.3 Å². The zero-order valence-corrected chi connectivity index (χ0v) is 11.5. The van der Waals surface area contributed by atoms with E-state index in [4.69, 9.17) is 5.11 Å². The highest BCUT2D eigenvalue weighted by Crippen LogP contribution is 2.12. The number of aromatic carboxylic acids is 1. The van der Waals surface area contributed by atoms with Gasteiger partial charge in [-0.25, -0.2) is 4.79 Å². The third kappa shape index (κ3) is 3.81. The topological polar surface area (TPSA) is 86.7 Å². The van der Waals surface area contributed by atoms with Crippen LogP contribution < -0.4 is 5.32 Å². The molecule has 0 aliphatic rings. The maximum atomic E-state index is 12.4. The number of carbonyl (C=O) groups is 3. The number of carboxylic acid groups (broad SMARTS) is 1. The predicted octanol–water partition coefficient (Wildman–Crippen LogP) is 0.983. The molecule has 2 N–H and O–H groups in total. The molecule has 0 aliphatic carbocycles. The molecule has 0 bridgehead atoms. The summed E-state index contributed by atoms with van der Waals surface area (Å²) in [6.45, 7) is 2.19. The first-order chi connectivity index (χ1) is 9.51. The normalized spacial score (nSPS) is 9.90. The molecule has 0 unspecified atom stereocenters. The largest absolute Gasteiger partial charge is 0.478 e. The van der Waals surface area contributed by atoms with Gasteiger partial charge in [0.1, 0.15) is 0 Å². The number of nitrogens with zero attached hydrogens (tertiary/aromatic N) is 1. The lowest BCUT2D eigenvalue weighted by atomic mass is 10.1. The minimum Gasteiger partial charge on any atom is -0.478 e. The van der Waals surface area contributed by atoms with E-state index < -0.39 is 11.9 Å². The van der Waals surface area contributed by atoms with Gasteiger partial charge in [-0.2, -0.15) is 0 Å². The molecular formula is C14H18N2O4. The summed E-state index contributed by atoms with van der Waals surface area (Å²) in [5.74, 6) is -1.90. The van der Waals surface area contributed by atoms with Crippen LogP contribution in [-0.4, -0.2) is 47.9 Å². The number of nitrogens with one attached hydrogen (secondary N) is 1. The Morgan fingerprint density at radius 1 is 1.20 bits per heavy atom. The van der Waals surface area contributed by atoms with Crippen molar-refractivity contribution in [2.24, 2.45) is 0 Å². The van der Waals surface area contributed by atoms with E-state index in [-0.39, 0.29) is 23.6 Å². The van der Waals surface area contributed by atoms with Crippen LogP contribution in [0.2, 0.25) is 0 Å². The van der Waals surface area contributed by atoms with Gasteiger partial charge in [-0.1, -0.05) is 19.1 Å². The summed E-state index contributed by atoms with van der Waals surface area (Å²) in [4.78, 5) is 36.3. The van der Waals surface area contributed by atoms with E-state index in [1.165, 1.54) is 24.1 Å². The first kappa shape index (κ1) is 15.7. The first-order valence-electron chi connectivity index (χ1n) is 6.33. The van der Waals surface area contributed by atoms with Crippen molar-refractivity contribution in [3.63, 3.8) is 0 Å². The van der Waals surface area contributed by atoms with E-state index in [2.05, 4.69) is 5.32 Å². The number of rotatable bonds is 6. The molecule has 1 aromatic carbocycles. The third-order valence-electron chi connectivity index (χ3n) is 2.78. The molecule has 6 heteroatoms. The van der Waals surface area contributed by atoms with Gasteiger partial charge in [0.15, 0.2) is 0 Å². The molecule has 108 valence electrons. The number of hydrogen-bond acceptors (Lipinski definition) is 3. The fourth-order valence-electron chi connectivity index (χ4n) is 1.80. The smallest absolute Gasteiger partial charge is 0.336 e. The molecule has 1 rings (SSSR count). The molecule has 0 saturated heterocycles. The van der Waals surface area contributed by atoms with E-state index in [0.29, 0.717) is 13.0 Å².